The Labute approximate surface area is 144 Å². The summed E-state index contributed by atoms with van der Waals surface area (Å²) in [6.45, 7) is 1.89. The van der Waals surface area contributed by atoms with Gasteiger partial charge in [0.2, 0.25) is 0 Å². The molecule has 0 aliphatic carbocycles. The summed E-state index contributed by atoms with van der Waals surface area (Å²) in [6, 6.07) is 6.61. The van der Waals surface area contributed by atoms with Crippen molar-refractivity contribution in [2.24, 2.45) is 0 Å². The first-order chi connectivity index (χ1) is 12.0. The van der Waals surface area contributed by atoms with Crippen LogP contribution in [0.15, 0.2) is 24.3 Å². The zero-order chi connectivity index (χ0) is 18.0. The van der Waals surface area contributed by atoms with E-state index in [1.807, 2.05) is 0 Å². The Morgan fingerprint density at radius 3 is 2.36 bits per heavy atom. The minimum absolute atomic E-state index is 0.0310. The summed E-state index contributed by atoms with van der Waals surface area (Å²) < 4.78 is 5.11. The first-order valence-electron chi connectivity index (χ1n) is 8.22. The quantitative estimate of drug-likeness (QED) is 0.799. The fraction of sp³-hybridized carbons (Fsp3) is 0.471. The van der Waals surface area contributed by atoms with Gasteiger partial charge in [-0.05, 0) is 37.1 Å². The summed E-state index contributed by atoms with van der Waals surface area (Å²) in [5, 5.41) is 18.5. The molecule has 0 aromatic heterocycles. The van der Waals surface area contributed by atoms with Gasteiger partial charge in [-0.2, -0.15) is 0 Å². The average molecular weight is 348 g/mol. The molecule has 2 amide bonds. The van der Waals surface area contributed by atoms with Crippen molar-refractivity contribution in [2.45, 2.75) is 25.0 Å². The number of anilines is 1. The maximum atomic E-state index is 12.4. The third-order valence-electron chi connectivity index (χ3n) is 4.48. The molecule has 3 rings (SSSR count). The number of rotatable bonds is 4. The summed E-state index contributed by atoms with van der Waals surface area (Å²) >= 11 is 0. The van der Waals surface area contributed by atoms with Gasteiger partial charge in [-0.1, -0.05) is 0 Å². The molecule has 1 aromatic rings. The highest BCUT2D eigenvalue weighted by Crippen LogP contribution is 2.22. The zero-order valence-electron chi connectivity index (χ0n) is 13.6. The molecule has 2 aliphatic heterocycles. The number of carboxylic acid groups (broad SMARTS) is 1. The van der Waals surface area contributed by atoms with Crippen molar-refractivity contribution in [3.8, 4) is 0 Å². The van der Waals surface area contributed by atoms with Crippen molar-refractivity contribution in [3.63, 3.8) is 0 Å². The van der Waals surface area contributed by atoms with Crippen LogP contribution >= 0.6 is 0 Å². The number of carbonyl (C=O) groups is 3. The van der Waals surface area contributed by atoms with E-state index in [4.69, 9.17) is 9.84 Å². The number of amides is 2. The first-order valence-corrected chi connectivity index (χ1v) is 8.22. The molecule has 0 unspecified atom stereocenters. The van der Waals surface area contributed by atoms with Crippen LogP contribution in [0.25, 0.3) is 0 Å². The van der Waals surface area contributed by atoms with Crippen molar-refractivity contribution < 1.29 is 29.3 Å². The number of hydrogen-bond acceptors (Lipinski definition) is 5. The molecule has 1 aromatic carbocycles. The summed E-state index contributed by atoms with van der Waals surface area (Å²) in [7, 11) is 0. The van der Waals surface area contributed by atoms with Gasteiger partial charge in [-0.3, -0.25) is 9.59 Å². The lowest BCUT2D eigenvalue weighted by molar-refractivity contribution is -0.163. The Kier molecular flexibility index (Phi) is 5.00. The summed E-state index contributed by atoms with van der Waals surface area (Å²) in [5.41, 5.74) is 1.09. The van der Waals surface area contributed by atoms with E-state index in [-0.39, 0.29) is 19.1 Å². The second-order valence-corrected chi connectivity index (χ2v) is 6.11. The van der Waals surface area contributed by atoms with Gasteiger partial charge in [0.1, 0.15) is 0 Å². The Hall–Kier alpha value is -2.45. The highest BCUT2D eigenvalue weighted by molar-refractivity contribution is 6.01. The number of aliphatic hydroxyl groups excluding tert-OH is 1. The number of aliphatic carboxylic acids is 1. The summed E-state index contributed by atoms with van der Waals surface area (Å²) in [4.78, 5) is 38.8. The van der Waals surface area contributed by atoms with E-state index in [1.165, 1.54) is 4.90 Å². The third kappa shape index (κ3) is 3.49. The van der Waals surface area contributed by atoms with Gasteiger partial charge < -0.3 is 24.7 Å². The van der Waals surface area contributed by atoms with E-state index in [2.05, 4.69) is 0 Å². The van der Waals surface area contributed by atoms with E-state index in [0.717, 1.165) is 25.9 Å². The molecular formula is C17H20N2O6. The largest absolute Gasteiger partial charge is 0.479 e. The number of ether oxygens (including phenoxy) is 1. The third-order valence-corrected chi connectivity index (χ3v) is 4.48. The van der Waals surface area contributed by atoms with E-state index in [0.29, 0.717) is 11.3 Å². The number of morpholine rings is 1. The number of hydrogen-bond donors (Lipinski definition) is 2. The minimum Gasteiger partial charge on any atom is -0.479 e. The average Bonchev–Trinajstić information content (AvgIpc) is 3.15. The lowest BCUT2D eigenvalue weighted by Gasteiger charge is -2.33. The van der Waals surface area contributed by atoms with Crippen LogP contribution in [-0.4, -0.2) is 71.3 Å². The van der Waals surface area contributed by atoms with E-state index >= 15 is 0 Å². The molecule has 0 saturated carbocycles. The van der Waals surface area contributed by atoms with Gasteiger partial charge in [-0.25, -0.2) is 4.79 Å². The Morgan fingerprint density at radius 2 is 1.76 bits per heavy atom. The highest BCUT2D eigenvalue weighted by atomic mass is 16.5. The molecule has 8 nitrogen and oxygen atoms in total. The van der Waals surface area contributed by atoms with E-state index in [9.17, 15) is 19.5 Å². The molecular weight excluding hydrogens is 328 g/mol. The fourth-order valence-electron chi connectivity index (χ4n) is 3.10. The normalized spacial score (nSPS) is 22.1. The molecule has 0 spiro atoms. The number of nitrogens with zero attached hydrogens (tertiary/aromatic N) is 2. The first kappa shape index (κ1) is 17.4. The smallest absolute Gasteiger partial charge is 0.335 e. The van der Waals surface area contributed by atoms with Crippen molar-refractivity contribution >= 4 is 23.5 Å². The molecule has 134 valence electrons. The van der Waals surface area contributed by atoms with Crippen LogP contribution in [0.3, 0.4) is 0 Å². The van der Waals surface area contributed by atoms with Crippen molar-refractivity contribution in [1.82, 2.24) is 4.90 Å². The molecule has 2 N–H and O–H groups in total. The van der Waals surface area contributed by atoms with Crippen LogP contribution in [0.4, 0.5) is 5.69 Å². The predicted octanol–water partition coefficient (Wildman–Crippen LogP) is 0.0999. The lowest BCUT2D eigenvalue weighted by atomic mass is 10.1. The Morgan fingerprint density at radius 1 is 1.12 bits per heavy atom. The van der Waals surface area contributed by atoms with Gasteiger partial charge in [0, 0.05) is 30.9 Å². The molecule has 2 saturated heterocycles. The number of carbonyl (C=O) groups excluding carboxylic acids is 2. The number of aliphatic hydroxyl groups is 1. The molecule has 2 fully saturated rings. The van der Waals surface area contributed by atoms with Gasteiger partial charge >= 0.3 is 5.97 Å². The molecule has 8 heteroatoms. The molecule has 0 bridgehead atoms. The van der Waals surface area contributed by atoms with Crippen LogP contribution in [0.5, 0.6) is 0 Å². The van der Waals surface area contributed by atoms with Crippen molar-refractivity contribution in [2.75, 3.05) is 31.1 Å². The standard InChI is InChI=1S/C17H20N2O6/c20-13(17(23)24)14-16(22)19(9-10-25-14)12-5-3-11(4-6-12)15(21)18-7-1-2-8-18/h3-6,13-14,20H,1-2,7-10H2,(H,23,24)/t13-,14-/m1/s1. The molecule has 2 aliphatic rings. The maximum Gasteiger partial charge on any atom is 0.335 e. The van der Waals surface area contributed by atoms with Crippen LogP contribution in [0.2, 0.25) is 0 Å². The van der Waals surface area contributed by atoms with Crippen LogP contribution < -0.4 is 4.90 Å². The van der Waals surface area contributed by atoms with Crippen LogP contribution in [0, 0.1) is 0 Å². The SMILES string of the molecule is O=C(O)[C@H](O)[C@H]1OCCN(c2ccc(C(=O)N3CCCC3)cc2)C1=O. The van der Waals surface area contributed by atoms with Crippen molar-refractivity contribution in [3.05, 3.63) is 29.8 Å². The predicted molar refractivity (Wildman–Crippen MR) is 87.3 cm³/mol. The zero-order valence-corrected chi connectivity index (χ0v) is 13.6. The van der Waals surface area contributed by atoms with Gasteiger partial charge in [0.15, 0.2) is 12.2 Å². The number of likely N-dealkylation sites (tertiary alicyclic amines) is 1. The lowest BCUT2D eigenvalue weighted by Crippen LogP contribution is -2.54. The van der Waals surface area contributed by atoms with Gasteiger partial charge in [0.05, 0.1) is 6.61 Å². The highest BCUT2D eigenvalue weighted by Gasteiger charge is 2.39. The fourth-order valence-corrected chi connectivity index (χ4v) is 3.10. The van der Waals surface area contributed by atoms with Gasteiger partial charge in [-0.15, -0.1) is 0 Å². The maximum absolute atomic E-state index is 12.4. The van der Waals surface area contributed by atoms with Crippen LogP contribution in [-0.2, 0) is 14.3 Å². The Bertz CT molecular complexity index is 668. The second kappa shape index (κ2) is 7.20. The second-order valence-electron chi connectivity index (χ2n) is 6.11. The van der Waals surface area contributed by atoms with Crippen LogP contribution in [0.1, 0.15) is 23.2 Å². The minimum atomic E-state index is -1.91. The molecule has 0 radical (unpaired) electrons. The molecule has 2 atom stereocenters. The number of benzene rings is 1. The summed E-state index contributed by atoms with van der Waals surface area (Å²) in [6.07, 6.45) is -1.32. The Balaban J connectivity index is 1.74. The summed E-state index contributed by atoms with van der Waals surface area (Å²) in [5.74, 6) is -2.15. The molecule has 2 heterocycles. The topological polar surface area (TPSA) is 107 Å². The number of carboxylic acids is 1. The van der Waals surface area contributed by atoms with Gasteiger partial charge in [0.25, 0.3) is 11.8 Å². The van der Waals surface area contributed by atoms with E-state index < -0.39 is 24.1 Å². The van der Waals surface area contributed by atoms with Crippen molar-refractivity contribution in [1.29, 1.82) is 0 Å². The monoisotopic (exact) mass is 348 g/mol. The molecule has 25 heavy (non-hydrogen) atoms. The van der Waals surface area contributed by atoms with E-state index in [1.54, 1.807) is 29.2 Å².